The molecular weight excluding hydrogens is 250 g/mol. The van der Waals surface area contributed by atoms with Gasteiger partial charge >= 0.3 is 0 Å². The molecule has 0 unspecified atom stereocenters. The maximum atomic E-state index is 11.6. The van der Waals surface area contributed by atoms with Crippen LogP contribution >= 0.6 is 11.6 Å². The minimum absolute atomic E-state index is 0.0346. The molecule has 0 saturated carbocycles. The lowest BCUT2D eigenvalue weighted by Crippen LogP contribution is -2.29. The Morgan fingerprint density at radius 3 is 2.78 bits per heavy atom. The Morgan fingerprint density at radius 1 is 1.33 bits per heavy atom. The van der Waals surface area contributed by atoms with E-state index in [1.54, 1.807) is 23.1 Å². The van der Waals surface area contributed by atoms with Gasteiger partial charge in [-0.15, -0.1) is 0 Å². The van der Waals surface area contributed by atoms with Gasteiger partial charge < -0.3 is 5.32 Å². The molecule has 0 atom stereocenters. The van der Waals surface area contributed by atoms with Crippen LogP contribution in [0.25, 0.3) is 0 Å². The SMILES string of the molecule is O=C(Cn1cccn1)NCCc1ccc(Cl)cc1. The quantitative estimate of drug-likeness (QED) is 0.896. The molecule has 1 heterocycles. The van der Waals surface area contributed by atoms with Gasteiger partial charge in [0.1, 0.15) is 6.54 Å². The van der Waals surface area contributed by atoms with Crippen molar-refractivity contribution in [3.05, 3.63) is 53.3 Å². The van der Waals surface area contributed by atoms with E-state index in [1.165, 1.54) is 0 Å². The van der Waals surface area contributed by atoms with Crippen molar-refractivity contribution in [2.45, 2.75) is 13.0 Å². The molecule has 4 nitrogen and oxygen atoms in total. The molecule has 0 fully saturated rings. The van der Waals surface area contributed by atoms with Crippen LogP contribution in [0.3, 0.4) is 0 Å². The summed E-state index contributed by atoms with van der Waals surface area (Å²) < 4.78 is 1.59. The van der Waals surface area contributed by atoms with Crippen LogP contribution in [0.15, 0.2) is 42.7 Å². The zero-order valence-electron chi connectivity index (χ0n) is 9.84. The monoisotopic (exact) mass is 263 g/mol. The Kier molecular flexibility index (Phi) is 4.36. The first kappa shape index (κ1) is 12.6. The third-order valence-corrected chi connectivity index (χ3v) is 2.77. The number of rotatable bonds is 5. The van der Waals surface area contributed by atoms with Crippen LogP contribution in [-0.4, -0.2) is 22.2 Å². The summed E-state index contributed by atoms with van der Waals surface area (Å²) in [5.74, 6) is -0.0346. The van der Waals surface area contributed by atoms with Crippen molar-refractivity contribution in [3.8, 4) is 0 Å². The van der Waals surface area contributed by atoms with E-state index in [0.29, 0.717) is 6.54 Å². The Labute approximate surface area is 111 Å². The fourth-order valence-corrected chi connectivity index (χ4v) is 1.72. The normalized spacial score (nSPS) is 10.3. The number of carbonyl (C=O) groups is 1. The van der Waals surface area contributed by atoms with Crippen LogP contribution in [0.4, 0.5) is 0 Å². The third kappa shape index (κ3) is 3.89. The van der Waals surface area contributed by atoms with E-state index in [-0.39, 0.29) is 12.5 Å². The van der Waals surface area contributed by atoms with Crippen molar-refractivity contribution in [2.75, 3.05) is 6.54 Å². The van der Waals surface area contributed by atoms with Gasteiger partial charge in [-0.05, 0) is 30.2 Å². The molecule has 1 aromatic heterocycles. The van der Waals surface area contributed by atoms with E-state index in [1.807, 2.05) is 24.3 Å². The molecule has 1 N–H and O–H groups in total. The smallest absolute Gasteiger partial charge is 0.241 e. The fourth-order valence-electron chi connectivity index (χ4n) is 1.59. The van der Waals surface area contributed by atoms with E-state index in [2.05, 4.69) is 10.4 Å². The molecule has 0 bridgehead atoms. The Balaban J connectivity index is 1.72. The lowest BCUT2D eigenvalue weighted by Gasteiger charge is -2.05. The van der Waals surface area contributed by atoms with Gasteiger partial charge in [0.25, 0.3) is 0 Å². The molecule has 0 radical (unpaired) electrons. The van der Waals surface area contributed by atoms with Crippen molar-refractivity contribution in [1.29, 1.82) is 0 Å². The lowest BCUT2D eigenvalue weighted by atomic mass is 10.1. The lowest BCUT2D eigenvalue weighted by molar-refractivity contribution is -0.121. The number of benzene rings is 1. The van der Waals surface area contributed by atoms with Gasteiger partial charge in [0, 0.05) is 24.0 Å². The molecule has 0 saturated heterocycles. The summed E-state index contributed by atoms with van der Waals surface area (Å²) in [7, 11) is 0. The predicted octanol–water partition coefficient (Wildman–Crippen LogP) is 1.90. The highest BCUT2D eigenvalue weighted by molar-refractivity contribution is 6.30. The van der Waals surface area contributed by atoms with Crippen LogP contribution in [0.2, 0.25) is 5.02 Å². The number of nitrogens with zero attached hydrogens (tertiary/aromatic N) is 2. The maximum Gasteiger partial charge on any atom is 0.241 e. The van der Waals surface area contributed by atoms with Gasteiger partial charge in [-0.1, -0.05) is 23.7 Å². The van der Waals surface area contributed by atoms with E-state index in [0.717, 1.165) is 17.0 Å². The minimum atomic E-state index is -0.0346. The summed E-state index contributed by atoms with van der Waals surface area (Å²) in [6.07, 6.45) is 4.21. The van der Waals surface area contributed by atoms with Crippen molar-refractivity contribution >= 4 is 17.5 Å². The van der Waals surface area contributed by atoms with Crippen LogP contribution in [0, 0.1) is 0 Å². The number of hydrogen-bond donors (Lipinski definition) is 1. The fraction of sp³-hybridized carbons (Fsp3) is 0.231. The number of nitrogens with one attached hydrogen (secondary N) is 1. The molecule has 5 heteroatoms. The largest absolute Gasteiger partial charge is 0.354 e. The summed E-state index contributed by atoms with van der Waals surface area (Å²) in [6.45, 7) is 0.870. The first-order valence-corrected chi connectivity index (χ1v) is 6.10. The van der Waals surface area contributed by atoms with E-state index in [4.69, 9.17) is 11.6 Å². The van der Waals surface area contributed by atoms with Crippen LogP contribution in [0.5, 0.6) is 0 Å². The summed E-state index contributed by atoms with van der Waals surface area (Å²) in [5, 5.41) is 7.55. The summed E-state index contributed by atoms with van der Waals surface area (Å²) in [5.41, 5.74) is 1.15. The van der Waals surface area contributed by atoms with Crippen molar-refractivity contribution in [2.24, 2.45) is 0 Å². The van der Waals surface area contributed by atoms with Gasteiger partial charge in [-0.25, -0.2) is 0 Å². The highest BCUT2D eigenvalue weighted by atomic mass is 35.5. The average molecular weight is 264 g/mol. The Morgan fingerprint density at radius 2 is 2.11 bits per heavy atom. The maximum absolute atomic E-state index is 11.6. The van der Waals surface area contributed by atoms with Crippen molar-refractivity contribution in [1.82, 2.24) is 15.1 Å². The van der Waals surface area contributed by atoms with Gasteiger partial charge in [0.2, 0.25) is 5.91 Å². The molecule has 18 heavy (non-hydrogen) atoms. The Hall–Kier alpha value is -1.81. The summed E-state index contributed by atoms with van der Waals surface area (Å²) in [4.78, 5) is 11.6. The van der Waals surface area contributed by atoms with Gasteiger partial charge in [-0.3, -0.25) is 9.48 Å². The number of amides is 1. The average Bonchev–Trinajstić information content (AvgIpc) is 2.84. The van der Waals surface area contributed by atoms with Crippen LogP contribution < -0.4 is 5.32 Å². The molecule has 0 aliphatic rings. The zero-order valence-corrected chi connectivity index (χ0v) is 10.6. The van der Waals surface area contributed by atoms with E-state index in [9.17, 15) is 4.79 Å². The Bertz CT molecular complexity index is 493. The second-order valence-corrected chi connectivity index (χ2v) is 4.37. The molecule has 2 aromatic rings. The molecule has 1 amide bonds. The number of aromatic nitrogens is 2. The molecule has 1 aromatic carbocycles. The molecular formula is C13H14ClN3O. The minimum Gasteiger partial charge on any atom is -0.354 e. The second kappa shape index (κ2) is 6.21. The first-order valence-electron chi connectivity index (χ1n) is 5.72. The number of hydrogen-bond acceptors (Lipinski definition) is 2. The van der Waals surface area contributed by atoms with E-state index < -0.39 is 0 Å². The molecule has 0 aliphatic heterocycles. The standard InChI is InChI=1S/C13H14ClN3O/c14-12-4-2-11(3-5-12)6-8-15-13(18)10-17-9-1-7-16-17/h1-5,7,9H,6,8,10H2,(H,15,18). The topological polar surface area (TPSA) is 46.9 Å². The van der Waals surface area contributed by atoms with Crippen LogP contribution in [0.1, 0.15) is 5.56 Å². The third-order valence-electron chi connectivity index (χ3n) is 2.51. The summed E-state index contributed by atoms with van der Waals surface area (Å²) in [6, 6.07) is 9.41. The predicted molar refractivity (Wildman–Crippen MR) is 70.4 cm³/mol. The number of halogens is 1. The van der Waals surface area contributed by atoms with Gasteiger partial charge in [0.05, 0.1) is 0 Å². The van der Waals surface area contributed by atoms with Crippen molar-refractivity contribution in [3.63, 3.8) is 0 Å². The molecule has 94 valence electrons. The second-order valence-electron chi connectivity index (χ2n) is 3.93. The van der Waals surface area contributed by atoms with Crippen molar-refractivity contribution < 1.29 is 4.79 Å². The van der Waals surface area contributed by atoms with Crippen LogP contribution in [-0.2, 0) is 17.8 Å². The zero-order chi connectivity index (χ0) is 12.8. The molecule has 0 aliphatic carbocycles. The highest BCUT2D eigenvalue weighted by Crippen LogP contribution is 2.09. The van der Waals surface area contributed by atoms with Gasteiger partial charge in [-0.2, -0.15) is 5.10 Å². The first-order chi connectivity index (χ1) is 8.74. The van der Waals surface area contributed by atoms with Gasteiger partial charge in [0.15, 0.2) is 0 Å². The number of carbonyl (C=O) groups excluding carboxylic acids is 1. The summed E-state index contributed by atoms with van der Waals surface area (Å²) >= 11 is 5.80. The van der Waals surface area contributed by atoms with E-state index >= 15 is 0 Å². The molecule has 2 rings (SSSR count). The molecule has 0 spiro atoms. The highest BCUT2D eigenvalue weighted by Gasteiger charge is 2.02.